The van der Waals surface area contributed by atoms with Crippen LogP contribution in [-0.2, 0) is 14.8 Å². The Balaban J connectivity index is 2.31. The monoisotopic (exact) mass is 354 g/mol. The molecule has 7 nitrogen and oxygen atoms in total. The Morgan fingerprint density at radius 1 is 1.33 bits per heavy atom. The molecule has 1 aromatic rings. The summed E-state index contributed by atoms with van der Waals surface area (Å²) in [5.74, 6) is -2.22. The summed E-state index contributed by atoms with van der Waals surface area (Å²) < 4.78 is 26.7. The zero-order chi connectivity index (χ0) is 18.1. The lowest BCUT2D eigenvalue weighted by Crippen LogP contribution is -2.30. The maximum atomic E-state index is 12.8. The van der Waals surface area contributed by atoms with Crippen molar-refractivity contribution in [3.05, 3.63) is 29.8 Å². The third kappa shape index (κ3) is 3.44. The number of benzene rings is 1. The molecule has 0 aliphatic carbocycles. The largest absolute Gasteiger partial charge is 0.481 e. The van der Waals surface area contributed by atoms with Crippen LogP contribution in [0.3, 0.4) is 0 Å². The van der Waals surface area contributed by atoms with Crippen molar-refractivity contribution >= 4 is 21.9 Å². The molecule has 0 radical (unpaired) electrons. The molecule has 8 heteroatoms. The molecule has 0 aromatic heterocycles. The number of hydrogen-bond donors (Lipinski definition) is 1. The molecule has 0 bridgehead atoms. The van der Waals surface area contributed by atoms with Crippen LogP contribution in [0.5, 0.6) is 0 Å². The van der Waals surface area contributed by atoms with Crippen LogP contribution in [0.2, 0.25) is 0 Å². The summed E-state index contributed by atoms with van der Waals surface area (Å²) in [6, 6.07) is 5.87. The second-order valence-corrected chi connectivity index (χ2v) is 8.03. The fourth-order valence-electron chi connectivity index (χ4n) is 2.74. The standard InChI is InChI=1S/C16H22N2O5S/c1-4-17(3)15(19)12-6-5-7-13(8-12)24(22,23)18-9-11(2)14(10-18)16(20)21/h5-8,11,14H,4,9-10H2,1-3H3,(H,20,21)/t11-,14-/m1/s1. The van der Waals surface area contributed by atoms with Crippen molar-refractivity contribution in [2.45, 2.75) is 18.7 Å². The quantitative estimate of drug-likeness (QED) is 0.855. The van der Waals surface area contributed by atoms with Crippen molar-refractivity contribution in [2.75, 3.05) is 26.7 Å². The first kappa shape index (κ1) is 18.4. The van der Waals surface area contributed by atoms with Gasteiger partial charge in [-0.2, -0.15) is 4.31 Å². The highest BCUT2D eigenvalue weighted by Gasteiger charge is 2.40. The van der Waals surface area contributed by atoms with Gasteiger partial charge >= 0.3 is 5.97 Å². The number of carboxylic acids is 1. The molecule has 1 aliphatic rings. The van der Waals surface area contributed by atoms with E-state index < -0.39 is 21.9 Å². The predicted octanol–water partition coefficient (Wildman–Crippen LogP) is 1.12. The van der Waals surface area contributed by atoms with Gasteiger partial charge in [-0.25, -0.2) is 8.42 Å². The number of carbonyl (C=O) groups excluding carboxylic acids is 1. The van der Waals surface area contributed by atoms with E-state index in [0.717, 1.165) is 0 Å². The molecule has 132 valence electrons. The summed E-state index contributed by atoms with van der Waals surface area (Å²) in [5.41, 5.74) is 0.294. The van der Waals surface area contributed by atoms with Crippen molar-refractivity contribution in [2.24, 2.45) is 11.8 Å². The number of rotatable bonds is 5. The maximum Gasteiger partial charge on any atom is 0.308 e. The van der Waals surface area contributed by atoms with E-state index in [4.69, 9.17) is 0 Å². The van der Waals surface area contributed by atoms with Crippen molar-refractivity contribution in [3.8, 4) is 0 Å². The first-order valence-electron chi connectivity index (χ1n) is 7.77. The van der Waals surface area contributed by atoms with Gasteiger partial charge in [0.05, 0.1) is 10.8 Å². The molecule has 1 amide bonds. The molecule has 1 N–H and O–H groups in total. The summed E-state index contributed by atoms with van der Waals surface area (Å²) in [4.78, 5) is 24.9. The first-order valence-corrected chi connectivity index (χ1v) is 9.21. The van der Waals surface area contributed by atoms with Crippen LogP contribution in [0, 0.1) is 11.8 Å². The van der Waals surface area contributed by atoms with Gasteiger partial charge in [0.15, 0.2) is 0 Å². The van der Waals surface area contributed by atoms with Crippen LogP contribution in [0.1, 0.15) is 24.2 Å². The van der Waals surface area contributed by atoms with Crippen molar-refractivity contribution in [1.29, 1.82) is 0 Å². The van der Waals surface area contributed by atoms with Gasteiger partial charge < -0.3 is 10.0 Å². The van der Waals surface area contributed by atoms with Gasteiger partial charge in [0, 0.05) is 32.2 Å². The highest BCUT2D eigenvalue weighted by molar-refractivity contribution is 7.89. The zero-order valence-electron chi connectivity index (χ0n) is 14.0. The van der Waals surface area contributed by atoms with E-state index in [9.17, 15) is 23.1 Å². The number of amides is 1. The third-order valence-electron chi connectivity index (χ3n) is 4.44. The average molecular weight is 354 g/mol. The fraction of sp³-hybridized carbons (Fsp3) is 0.500. The van der Waals surface area contributed by atoms with Crippen LogP contribution in [0.15, 0.2) is 29.2 Å². The van der Waals surface area contributed by atoms with E-state index in [1.165, 1.54) is 27.4 Å². The Morgan fingerprint density at radius 3 is 2.54 bits per heavy atom. The average Bonchev–Trinajstić information content (AvgIpc) is 2.96. The predicted molar refractivity (Wildman–Crippen MR) is 88.1 cm³/mol. The molecule has 1 fully saturated rings. The summed E-state index contributed by atoms with van der Waals surface area (Å²) >= 11 is 0. The first-order chi connectivity index (χ1) is 11.2. The highest BCUT2D eigenvalue weighted by atomic mass is 32.2. The topological polar surface area (TPSA) is 95.0 Å². The number of nitrogens with zero attached hydrogens (tertiary/aromatic N) is 2. The summed E-state index contributed by atoms with van der Waals surface area (Å²) in [6.45, 7) is 4.18. The fourth-order valence-corrected chi connectivity index (χ4v) is 4.36. The maximum absolute atomic E-state index is 12.8. The van der Waals surface area contributed by atoms with E-state index in [1.54, 1.807) is 20.0 Å². The lowest BCUT2D eigenvalue weighted by Gasteiger charge is -2.18. The van der Waals surface area contributed by atoms with Gasteiger partial charge in [-0.1, -0.05) is 13.0 Å². The lowest BCUT2D eigenvalue weighted by atomic mass is 9.99. The molecule has 1 saturated heterocycles. The molecule has 2 atom stereocenters. The molecular formula is C16H22N2O5S. The summed E-state index contributed by atoms with van der Waals surface area (Å²) in [7, 11) is -2.19. The van der Waals surface area contributed by atoms with Crippen molar-refractivity contribution < 1.29 is 23.1 Å². The van der Waals surface area contributed by atoms with Gasteiger partial charge in [0.25, 0.3) is 5.91 Å². The van der Waals surface area contributed by atoms with Gasteiger partial charge in [-0.3, -0.25) is 9.59 Å². The Labute approximate surface area is 141 Å². The van der Waals surface area contributed by atoms with Crippen molar-refractivity contribution in [1.82, 2.24) is 9.21 Å². The molecule has 2 rings (SSSR count). The van der Waals surface area contributed by atoms with Crippen LogP contribution in [0.4, 0.5) is 0 Å². The Morgan fingerprint density at radius 2 is 2.00 bits per heavy atom. The second kappa shape index (κ2) is 6.90. The normalized spacial score (nSPS) is 21.6. The number of aliphatic carboxylic acids is 1. The van der Waals surface area contributed by atoms with Crippen molar-refractivity contribution in [3.63, 3.8) is 0 Å². The summed E-state index contributed by atoms with van der Waals surface area (Å²) in [5, 5.41) is 9.17. The second-order valence-electron chi connectivity index (χ2n) is 6.09. The third-order valence-corrected chi connectivity index (χ3v) is 6.26. The number of sulfonamides is 1. The SMILES string of the molecule is CCN(C)C(=O)c1cccc(S(=O)(=O)N2C[C@@H](C)[C@H](C(=O)O)C2)c1. The van der Waals surface area contributed by atoms with Gasteiger partial charge in [-0.05, 0) is 31.0 Å². The molecule has 0 spiro atoms. The van der Waals surface area contributed by atoms with Gasteiger partial charge in [0.2, 0.25) is 10.0 Å². The molecular weight excluding hydrogens is 332 g/mol. The van der Waals surface area contributed by atoms with Gasteiger partial charge in [0.1, 0.15) is 0 Å². The Kier molecular flexibility index (Phi) is 5.29. The van der Waals surface area contributed by atoms with Crippen LogP contribution < -0.4 is 0 Å². The van der Waals surface area contributed by atoms with E-state index in [1.807, 2.05) is 6.92 Å². The smallest absolute Gasteiger partial charge is 0.308 e. The number of carboxylic acid groups (broad SMARTS) is 1. The van der Waals surface area contributed by atoms with E-state index in [0.29, 0.717) is 12.1 Å². The van der Waals surface area contributed by atoms with E-state index >= 15 is 0 Å². The van der Waals surface area contributed by atoms with E-state index in [2.05, 4.69) is 0 Å². The minimum Gasteiger partial charge on any atom is -0.481 e. The molecule has 1 aromatic carbocycles. The minimum atomic E-state index is -3.83. The number of hydrogen-bond acceptors (Lipinski definition) is 4. The van der Waals surface area contributed by atoms with Crippen LogP contribution in [-0.4, -0.2) is 61.3 Å². The summed E-state index contributed by atoms with van der Waals surface area (Å²) in [6.07, 6.45) is 0. The molecule has 1 aliphatic heterocycles. The highest BCUT2D eigenvalue weighted by Crippen LogP contribution is 2.29. The van der Waals surface area contributed by atoms with E-state index in [-0.39, 0.29) is 29.8 Å². The molecule has 0 saturated carbocycles. The zero-order valence-corrected chi connectivity index (χ0v) is 14.8. The van der Waals surface area contributed by atoms with Crippen LogP contribution >= 0.6 is 0 Å². The molecule has 24 heavy (non-hydrogen) atoms. The van der Waals surface area contributed by atoms with Gasteiger partial charge in [-0.15, -0.1) is 0 Å². The van der Waals surface area contributed by atoms with Crippen LogP contribution in [0.25, 0.3) is 0 Å². The lowest BCUT2D eigenvalue weighted by molar-refractivity contribution is -0.142. The Bertz CT molecular complexity index is 747. The minimum absolute atomic E-state index is 0.0103. The Hall–Kier alpha value is -1.93. The molecule has 0 unspecified atom stereocenters. The molecule has 1 heterocycles. The number of carbonyl (C=O) groups is 2.